The van der Waals surface area contributed by atoms with E-state index >= 15 is 0 Å². The zero-order valence-electron chi connectivity index (χ0n) is 10.8. The van der Waals surface area contributed by atoms with E-state index in [1.54, 1.807) is 25.1 Å². The Morgan fingerprint density at radius 1 is 1.44 bits per heavy atom. The van der Waals surface area contributed by atoms with E-state index in [1.807, 2.05) is 0 Å². The lowest BCUT2D eigenvalue weighted by atomic mass is 10.1. The van der Waals surface area contributed by atoms with Gasteiger partial charge in [-0.1, -0.05) is 19.1 Å². The third kappa shape index (κ3) is 4.22. The molecule has 5 heteroatoms. The molecule has 0 amide bonds. The Labute approximate surface area is 113 Å². The summed E-state index contributed by atoms with van der Waals surface area (Å²) < 4.78 is 5.53. The van der Waals surface area contributed by atoms with Gasteiger partial charge in [0.1, 0.15) is 0 Å². The number of thiol groups is 1. The van der Waals surface area contributed by atoms with Crippen molar-refractivity contribution in [3.8, 4) is 5.75 Å². The smallest absolute Gasteiger partial charge is 0.313 e. The first kappa shape index (κ1) is 14.8. The molecule has 1 rings (SSSR count). The van der Waals surface area contributed by atoms with E-state index in [0.29, 0.717) is 23.8 Å². The highest BCUT2D eigenvalue weighted by Crippen LogP contribution is 2.30. The maximum Gasteiger partial charge on any atom is 0.313 e. The third-order valence-corrected chi connectivity index (χ3v) is 3.13. The molecule has 0 aromatic heterocycles. The van der Waals surface area contributed by atoms with Crippen LogP contribution in [0.2, 0.25) is 0 Å². The molecule has 0 saturated heterocycles. The highest BCUT2D eigenvalue weighted by Gasteiger charge is 2.18. The molecule has 1 atom stereocenters. The Bertz CT molecular complexity index is 409. The van der Waals surface area contributed by atoms with Crippen molar-refractivity contribution in [1.29, 1.82) is 0 Å². The van der Waals surface area contributed by atoms with Gasteiger partial charge in [0.25, 0.3) is 0 Å². The zero-order valence-corrected chi connectivity index (χ0v) is 11.7. The Hall–Kier alpha value is -1.23. The summed E-state index contributed by atoms with van der Waals surface area (Å²) in [5.41, 5.74) is 0.695. The topological polar surface area (TPSA) is 52.4 Å². The second kappa shape index (κ2) is 7.26. The van der Waals surface area contributed by atoms with Crippen LogP contribution in [0.5, 0.6) is 5.75 Å². The van der Waals surface area contributed by atoms with E-state index in [4.69, 9.17) is 4.74 Å². The van der Waals surface area contributed by atoms with E-state index in [1.165, 1.54) is 0 Å². The molecule has 18 heavy (non-hydrogen) atoms. The first-order chi connectivity index (χ1) is 8.56. The van der Waals surface area contributed by atoms with Crippen molar-refractivity contribution in [1.82, 2.24) is 0 Å². The van der Waals surface area contributed by atoms with Gasteiger partial charge in [0.2, 0.25) is 0 Å². The molecule has 1 aromatic carbocycles. The van der Waals surface area contributed by atoms with Crippen molar-refractivity contribution in [3.63, 3.8) is 0 Å². The van der Waals surface area contributed by atoms with Gasteiger partial charge < -0.3 is 4.74 Å². The predicted molar refractivity (Wildman–Crippen MR) is 75.6 cm³/mol. The van der Waals surface area contributed by atoms with Crippen molar-refractivity contribution >= 4 is 18.3 Å². The van der Waals surface area contributed by atoms with Crippen LogP contribution in [-0.4, -0.2) is 17.3 Å². The van der Waals surface area contributed by atoms with Gasteiger partial charge in [-0.15, -0.1) is 0 Å². The molecule has 0 fully saturated rings. The van der Waals surface area contributed by atoms with Crippen LogP contribution in [-0.2, 0) is 0 Å². The summed E-state index contributed by atoms with van der Waals surface area (Å²) in [5, 5.41) is 11.0. The normalized spacial score (nSPS) is 12.2. The molecule has 0 bridgehead atoms. The number of hydrogen-bond donors (Lipinski definition) is 1. The Balaban J connectivity index is 2.62. The minimum Gasteiger partial charge on any atom is -0.487 e. The lowest BCUT2D eigenvalue weighted by molar-refractivity contribution is -0.386. The van der Waals surface area contributed by atoms with Gasteiger partial charge in [-0.3, -0.25) is 10.1 Å². The maximum absolute atomic E-state index is 11.0. The first-order valence-corrected chi connectivity index (χ1v) is 6.67. The molecule has 0 radical (unpaired) electrons. The third-order valence-electron chi connectivity index (χ3n) is 2.87. The van der Waals surface area contributed by atoms with Gasteiger partial charge in [0, 0.05) is 5.56 Å². The van der Waals surface area contributed by atoms with Crippen molar-refractivity contribution in [2.75, 3.05) is 12.4 Å². The Morgan fingerprint density at radius 3 is 2.78 bits per heavy atom. The van der Waals surface area contributed by atoms with Crippen molar-refractivity contribution in [2.24, 2.45) is 5.92 Å². The predicted octanol–water partition coefficient (Wildman–Crippen LogP) is 3.63. The number of hydrogen-bond acceptors (Lipinski definition) is 4. The summed E-state index contributed by atoms with van der Waals surface area (Å²) in [6.07, 6.45) is 1.91. The van der Waals surface area contributed by atoms with E-state index < -0.39 is 0 Å². The van der Waals surface area contributed by atoms with Crippen LogP contribution in [0.4, 0.5) is 5.69 Å². The molecular formula is C13H19NO3S. The number of aryl methyl sites for hydroxylation is 1. The first-order valence-electron chi connectivity index (χ1n) is 6.04. The molecule has 4 nitrogen and oxygen atoms in total. The average Bonchev–Trinajstić information content (AvgIpc) is 2.28. The van der Waals surface area contributed by atoms with Crippen LogP contribution in [0, 0.1) is 23.0 Å². The van der Waals surface area contributed by atoms with Crippen molar-refractivity contribution in [2.45, 2.75) is 26.7 Å². The van der Waals surface area contributed by atoms with Gasteiger partial charge >= 0.3 is 5.69 Å². The van der Waals surface area contributed by atoms with Crippen LogP contribution in [0.1, 0.15) is 25.3 Å². The SMILES string of the molecule is Cc1cccc(OCCC(C)CCS)c1[N+](=O)[O-]. The standard InChI is InChI=1S/C13H19NO3S/c1-10(7-9-18)6-8-17-12-5-3-4-11(2)13(12)14(15)16/h3-5,10,18H,6-9H2,1-2H3. The van der Waals surface area contributed by atoms with Gasteiger partial charge in [0.15, 0.2) is 5.75 Å². The fourth-order valence-corrected chi connectivity index (χ4v) is 2.16. The van der Waals surface area contributed by atoms with Crippen LogP contribution in [0.15, 0.2) is 18.2 Å². The monoisotopic (exact) mass is 269 g/mol. The van der Waals surface area contributed by atoms with Gasteiger partial charge in [-0.05, 0) is 37.5 Å². The highest BCUT2D eigenvalue weighted by atomic mass is 32.1. The number of nitro benzene ring substituents is 1. The quantitative estimate of drug-likeness (QED) is 0.467. The second-order valence-corrected chi connectivity index (χ2v) is 4.88. The zero-order chi connectivity index (χ0) is 13.5. The van der Waals surface area contributed by atoms with E-state index in [9.17, 15) is 10.1 Å². The molecule has 0 saturated carbocycles. The summed E-state index contributed by atoms with van der Waals surface area (Å²) in [6.45, 7) is 4.35. The number of nitro groups is 1. The van der Waals surface area contributed by atoms with Crippen LogP contribution in [0.25, 0.3) is 0 Å². The van der Waals surface area contributed by atoms with Crippen molar-refractivity contribution < 1.29 is 9.66 Å². The van der Waals surface area contributed by atoms with Crippen LogP contribution in [0.3, 0.4) is 0 Å². The molecule has 1 aromatic rings. The summed E-state index contributed by atoms with van der Waals surface area (Å²) in [5.74, 6) is 1.73. The largest absolute Gasteiger partial charge is 0.487 e. The van der Waals surface area contributed by atoms with E-state index in [0.717, 1.165) is 18.6 Å². The summed E-state index contributed by atoms with van der Waals surface area (Å²) in [4.78, 5) is 10.6. The summed E-state index contributed by atoms with van der Waals surface area (Å²) in [7, 11) is 0. The second-order valence-electron chi connectivity index (χ2n) is 4.43. The Kier molecular flexibility index (Phi) is 5.98. The van der Waals surface area contributed by atoms with Crippen LogP contribution < -0.4 is 4.74 Å². The lowest BCUT2D eigenvalue weighted by Gasteiger charge is -2.11. The highest BCUT2D eigenvalue weighted by molar-refractivity contribution is 7.80. The minimum atomic E-state index is -0.387. The molecule has 1 unspecified atom stereocenters. The molecular weight excluding hydrogens is 250 g/mol. The van der Waals surface area contributed by atoms with E-state index in [2.05, 4.69) is 19.6 Å². The minimum absolute atomic E-state index is 0.0688. The molecule has 100 valence electrons. The van der Waals surface area contributed by atoms with Gasteiger partial charge in [0.05, 0.1) is 11.5 Å². The van der Waals surface area contributed by atoms with Crippen LogP contribution >= 0.6 is 12.6 Å². The lowest BCUT2D eigenvalue weighted by Crippen LogP contribution is -2.06. The number of rotatable bonds is 7. The number of para-hydroxylation sites is 1. The van der Waals surface area contributed by atoms with E-state index in [-0.39, 0.29) is 10.6 Å². The molecule has 0 spiro atoms. The summed E-state index contributed by atoms with van der Waals surface area (Å²) >= 11 is 4.18. The number of ether oxygens (including phenoxy) is 1. The van der Waals surface area contributed by atoms with Gasteiger partial charge in [-0.2, -0.15) is 12.6 Å². The number of nitrogens with zero attached hydrogens (tertiary/aromatic N) is 1. The molecule has 0 aliphatic carbocycles. The summed E-state index contributed by atoms with van der Waals surface area (Å²) in [6, 6.07) is 5.14. The Morgan fingerprint density at radius 2 is 2.17 bits per heavy atom. The maximum atomic E-state index is 11.0. The fraction of sp³-hybridized carbons (Fsp3) is 0.538. The average molecular weight is 269 g/mol. The fourth-order valence-electron chi connectivity index (χ4n) is 1.72. The molecule has 0 heterocycles. The molecule has 0 aliphatic rings. The molecule has 0 aliphatic heterocycles. The number of benzene rings is 1. The van der Waals surface area contributed by atoms with Gasteiger partial charge in [-0.25, -0.2) is 0 Å². The molecule has 0 N–H and O–H groups in total. The van der Waals surface area contributed by atoms with Crippen molar-refractivity contribution in [3.05, 3.63) is 33.9 Å².